The fourth-order valence-corrected chi connectivity index (χ4v) is 2.60. The molecule has 1 aromatic carbocycles. The van der Waals surface area contributed by atoms with E-state index in [1.807, 2.05) is 0 Å². The lowest BCUT2D eigenvalue weighted by Crippen LogP contribution is -2.35. The molecule has 20 heavy (non-hydrogen) atoms. The number of carboxylic acid groups (broad SMARTS) is 1. The molecule has 0 saturated heterocycles. The molecule has 0 aliphatic heterocycles. The number of nitrogens with one attached hydrogen (secondary N) is 1. The van der Waals surface area contributed by atoms with Gasteiger partial charge >= 0.3 is 17.1 Å². The Morgan fingerprint density at radius 2 is 2.05 bits per heavy atom. The molecule has 0 aliphatic carbocycles. The fourth-order valence-electron chi connectivity index (χ4n) is 1.98. The molecule has 0 fully saturated rings. The molecule has 0 spiro atoms. The van der Waals surface area contributed by atoms with E-state index in [0.717, 1.165) is 0 Å². The van der Waals surface area contributed by atoms with E-state index in [0.29, 0.717) is 16.7 Å². The molecule has 3 aromatic rings. The highest BCUT2D eigenvalue weighted by Crippen LogP contribution is 2.17. The Morgan fingerprint density at radius 3 is 2.70 bits per heavy atom. The highest BCUT2D eigenvalue weighted by Gasteiger charge is 2.12. The van der Waals surface area contributed by atoms with E-state index in [-0.39, 0.29) is 5.56 Å². The Morgan fingerprint density at radius 1 is 1.25 bits per heavy atom. The third-order valence-corrected chi connectivity index (χ3v) is 3.57. The van der Waals surface area contributed by atoms with Crippen molar-refractivity contribution in [2.24, 2.45) is 0 Å². The number of aromatic nitrogens is 2. The van der Waals surface area contributed by atoms with Crippen LogP contribution in [0.5, 0.6) is 0 Å². The number of hydrogen-bond acceptors (Lipinski definition) is 4. The summed E-state index contributed by atoms with van der Waals surface area (Å²) >= 11 is 1.38. The maximum atomic E-state index is 12.0. The topological polar surface area (TPSA) is 92.2 Å². The van der Waals surface area contributed by atoms with Crippen molar-refractivity contribution < 1.29 is 9.90 Å². The second-order valence-corrected chi connectivity index (χ2v) is 4.89. The first kappa shape index (κ1) is 12.4. The molecule has 0 bridgehead atoms. The van der Waals surface area contributed by atoms with Crippen LogP contribution in [-0.2, 0) is 0 Å². The van der Waals surface area contributed by atoms with E-state index in [9.17, 15) is 14.4 Å². The van der Waals surface area contributed by atoms with Gasteiger partial charge in [-0.25, -0.2) is 4.79 Å². The summed E-state index contributed by atoms with van der Waals surface area (Å²) in [6.07, 6.45) is 0. The number of H-pyrrole nitrogens is 1. The fraction of sp³-hybridized carbons (Fsp3) is 0. The van der Waals surface area contributed by atoms with Crippen molar-refractivity contribution in [2.75, 3.05) is 0 Å². The number of aromatic amines is 1. The van der Waals surface area contributed by atoms with Gasteiger partial charge in [0, 0.05) is 5.38 Å². The van der Waals surface area contributed by atoms with Crippen LogP contribution in [-0.4, -0.2) is 20.6 Å². The summed E-state index contributed by atoms with van der Waals surface area (Å²) in [5, 5.41) is 12.5. The second-order valence-electron chi connectivity index (χ2n) is 4.11. The lowest BCUT2D eigenvalue weighted by Gasteiger charge is -2.08. The monoisotopic (exact) mass is 288 g/mol. The minimum atomic E-state index is -1.09. The molecule has 0 aliphatic rings. The summed E-state index contributed by atoms with van der Waals surface area (Å²) < 4.78 is 1.22. The van der Waals surface area contributed by atoms with Crippen molar-refractivity contribution in [1.82, 2.24) is 9.55 Å². The van der Waals surface area contributed by atoms with Gasteiger partial charge in [0.25, 0.3) is 0 Å². The van der Waals surface area contributed by atoms with Gasteiger partial charge in [-0.1, -0.05) is 0 Å². The smallest absolute Gasteiger partial charge is 0.335 e. The van der Waals surface area contributed by atoms with E-state index in [2.05, 4.69) is 4.98 Å². The number of carboxylic acids is 1. The molecule has 2 heterocycles. The molecule has 2 aromatic heterocycles. The van der Waals surface area contributed by atoms with Gasteiger partial charge in [-0.05, 0) is 29.6 Å². The molecule has 6 nitrogen and oxygen atoms in total. The molecule has 7 heteroatoms. The zero-order valence-corrected chi connectivity index (χ0v) is 10.8. The van der Waals surface area contributed by atoms with Gasteiger partial charge in [-0.15, -0.1) is 0 Å². The van der Waals surface area contributed by atoms with Crippen LogP contribution < -0.4 is 11.1 Å². The summed E-state index contributed by atoms with van der Waals surface area (Å²) in [5.74, 6) is -1.09. The SMILES string of the molecule is O=C(O)c1ccc2[nH]c(=O)c(=O)n(-c3ccsc3)c2c1. The summed E-state index contributed by atoms with van der Waals surface area (Å²) in [5.41, 5.74) is -0.129. The van der Waals surface area contributed by atoms with Gasteiger partial charge in [0.1, 0.15) is 0 Å². The maximum Gasteiger partial charge on any atom is 0.335 e. The number of rotatable bonds is 2. The first-order valence-electron chi connectivity index (χ1n) is 5.63. The summed E-state index contributed by atoms with van der Waals surface area (Å²) in [6, 6.07) is 5.91. The molecule has 0 atom stereocenters. The number of aromatic carboxylic acids is 1. The van der Waals surface area contributed by atoms with E-state index in [1.165, 1.54) is 34.1 Å². The summed E-state index contributed by atoms with van der Waals surface area (Å²) in [4.78, 5) is 37.2. The number of hydrogen-bond donors (Lipinski definition) is 2. The minimum Gasteiger partial charge on any atom is -0.478 e. The molecule has 0 radical (unpaired) electrons. The van der Waals surface area contributed by atoms with Crippen molar-refractivity contribution in [2.45, 2.75) is 0 Å². The molecule has 2 N–H and O–H groups in total. The van der Waals surface area contributed by atoms with Crippen LogP contribution in [0.2, 0.25) is 0 Å². The van der Waals surface area contributed by atoms with Crippen molar-refractivity contribution in [3.8, 4) is 5.69 Å². The van der Waals surface area contributed by atoms with Crippen LogP contribution in [0.3, 0.4) is 0 Å². The third kappa shape index (κ3) is 1.84. The quantitative estimate of drug-likeness (QED) is 0.698. The Labute approximate surface area is 115 Å². The standard InChI is InChI=1S/C13H8N2O4S/c16-11-12(17)15(8-3-4-20-6-8)10-5-7(13(18)19)1-2-9(10)14-11/h1-6H,(H,14,16)(H,18,19). The predicted molar refractivity (Wildman–Crippen MR) is 75.0 cm³/mol. The lowest BCUT2D eigenvalue weighted by molar-refractivity contribution is 0.0697. The van der Waals surface area contributed by atoms with Crippen molar-refractivity contribution in [1.29, 1.82) is 0 Å². The van der Waals surface area contributed by atoms with Crippen LogP contribution in [0.1, 0.15) is 10.4 Å². The third-order valence-electron chi connectivity index (χ3n) is 2.90. The summed E-state index contributed by atoms with van der Waals surface area (Å²) in [7, 11) is 0. The molecule has 0 saturated carbocycles. The normalized spacial score (nSPS) is 10.8. The molecular formula is C13H8N2O4S. The second kappa shape index (κ2) is 4.46. The highest BCUT2D eigenvalue weighted by atomic mass is 32.1. The molecule has 3 rings (SSSR count). The van der Waals surface area contributed by atoms with E-state index < -0.39 is 17.1 Å². The van der Waals surface area contributed by atoms with Crippen LogP contribution in [0.15, 0.2) is 44.6 Å². The van der Waals surface area contributed by atoms with Gasteiger partial charge in [0.2, 0.25) is 0 Å². The maximum absolute atomic E-state index is 12.0. The average Bonchev–Trinajstić information content (AvgIpc) is 2.93. The van der Waals surface area contributed by atoms with E-state index >= 15 is 0 Å². The van der Waals surface area contributed by atoms with Crippen LogP contribution in [0.25, 0.3) is 16.7 Å². The first-order valence-corrected chi connectivity index (χ1v) is 6.57. The van der Waals surface area contributed by atoms with E-state index in [4.69, 9.17) is 5.11 Å². The van der Waals surface area contributed by atoms with Gasteiger partial charge in [0.15, 0.2) is 0 Å². The van der Waals surface area contributed by atoms with Crippen molar-refractivity contribution in [3.05, 3.63) is 61.3 Å². The van der Waals surface area contributed by atoms with Gasteiger partial charge in [0.05, 0.1) is 22.3 Å². The zero-order valence-electron chi connectivity index (χ0n) is 9.99. The highest BCUT2D eigenvalue weighted by molar-refractivity contribution is 7.08. The van der Waals surface area contributed by atoms with Gasteiger partial charge in [-0.2, -0.15) is 11.3 Å². The molecular weight excluding hydrogens is 280 g/mol. The van der Waals surface area contributed by atoms with E-state index in [1.54, 1.807) is 16.8 Å². The Kier molecular flexibility index (Phi) is 2.76. The van der Waals surface area contributed by atoms with Crippen LogP contribution in [0, 0.1) is 0 Å². The zero-order chi connectivity index (χ0) is 14.3. The summed E-state index contributed by atoms with van der Waals surface area (Å²) in [6.45, 7) is 0. The molecule has 100 valence electrons. The Hall–Kier alpha value is -2.67. The molecule has 0 unspecified atom stereocenters. The van der Waals surface area contributed by atoms with Crippen LogP contribution >= 0.6 is 11.3 Å². The number of thiophene rings is 1. The number of fused-ring (bicyclic) bond motifs is 1. The number of nitrogens with zero attached hydrogens (tertiary/aromatic N) is 1. The van der Waals surface area contributed by atoms with Crippen molar-refractivity contribution >= 4 is 28.3 Å². The van der Waals surface area contributed by atoms with Crippen molar-refractivity contribution in [3.63, 3.8) is 0 Å². The minimum absolute atomic E-state index is 0.0490. The predicted octanol–water partition coefficient (Wildman–Crippen LogP) is 1.44. The first-order chi connectivity index (χ1) is 9.58. The average molecular weight is 288 g/mol. The van der Waals surface area contributed by atoms with Crippen LogP contribution in [0.4, 0.5) is 0 Å². The number of carbonyl (C=O) groups is 1. The Balaban J connectivity index is 2.49. The lowest BCUT2D eigenvalue weighted by atomic mass is 10.2. The van der Waals surface area contributed by atoms with Gasteiger partial charge in [-0.3, -0.25) is 14.2 Å². The van der Waals surface area contributed by atoms with Gasteiger partial charge < -0.3 is 10.1 Å². The Bertz CT molecular complexity index is 922. The number of benzene rings is 1. The largest absolute Gasteiger partial charge is 0.478 e. The molecule has 0 amide bonds.